The summed E-state index contributed by atoms with van der Waals surface area (Å²) in [6, 6.07) is 21.9. The minimum Gasteiger partial charge on any atom is -0.489 e. The van der Waals surface area contributed by atoms with Gasteiger partial charge in [-0.25, -0.2) is 8.42 Å². The maximum absolute atomic E-state index is 12.6. The highest BCUT2D eigenvalue weighted by atomic mass is 32.2. The second kappa shape index (κ2) is 9.00. The third-order valence-corrected chi connectivity index (χ3v) is 5.85. The predicted octanol–water partition coefficient (Wildman–Crippen LogP) is 4.22. The molecule has 30 heavy (non-hydrogen) atoms. The molecule has 0 spiro atoms. The molecule has 0 aliphatic carbocycles. The third kappa shape index (κ3) is 5.39. The SMILES string of the molecule is Cc1cc(C(=O)Nc2ccc(OCc3ccccc3)cc2)ccc1N(C)S(C)(=O)=O. The second-order valence-electron chi connectivity index (χ2n) is 6.98. The van der Waals surface area contributed by atoms with Crippen LogP contribution in [-0.2, 0) is 16.6 Å². The molecule has 3 rings (SSSR count). The van der Waals surface area contributed by atoms with Crippen molar-refractivity contribution in [2.45, 2.75) is 13.5 Å². The highest BCUT2D eigenvalue weighted by Crippen LogP contribution is 2.23. The van der Waals surface area contributed by atoms with E-state index in [1.165, 1.54) is 11.4 Å². The van der Waals surface area contributed by atoms with E-state index in [1.54, 1.807) is 49.4 Å². The molecule has 0 unspecified atom stereocenters. The van der Waals surface area contributed by atoms with E-state index in [9.17, 15) is 13.2 Å². The molecule has 6 nitrogen and oxygen atoms in total. The second-order valence-corrected chi connectivity index (χ2v) is 9.00. The standard InChI is InChI=1S/C23H24N2O4S/c1-17-15-19(9-14-22(17)25(2)30(3,27)28)23(26)24-20-10-12-21(13-11-20)29-16-18-7-5-4-6-8-18/h4-15H,16H2,1-3H3,(H,24,26). The third-order valence-electron chi connectivity index (χ3n) is 4.66. The molecule has 0 fully saturated rings. The van der Waals surface area contributed by atoms with E-state index in [0.29, 0.717) is 34.9 Å². The van der Waals surface area contributed by atoms with Gasteiger partial charge in [0.1, 0.15) is 12.4 Å². The molecule has 0 aliphatic heterocycles. The lowest BCUT2D eigenvalue weighted by molar-refractivity contribution is 0.102. The topological polar surface area (TPSA) is 75.7 Å². The van der Waals surface area contributed by atoms with Gasteiger partial charge in [0.15, 0.2) is 0 Å². The van der Waals surface area contributed by atoms with E-state index < -0.39 is 10.0 Å². The Morgan fingerprint density at radius 2 is 1.67 bits per heavy atom. The van der Waals surface area contributed by atoms with E-state index in [4.69, 9.17) is 4.74 Å². The van der Waals surface area contributed by atoms with Gasteiger partial charge in [-0.2, -0.15) is 0 Å². The molecule has 0 aliphatic rings. The molecule has 0 heterocycles. The quantitative estimate of drug-likeness (QED) is 0.616. The number of ether oxygens (including phenoxy) is 1. The largest absolute Gasteiger partial charge is 0.489 e. The number of sulfonamides is 1. The monoisotopic (exact) mass is 424 g/mol. The van der Waals surface area contributed by atoms with Crippen LogP contribution in [0.1, 0.15) is 21.5 Å². The van der Waals surface area contributed by atoms with Crippen molar-refractivity contribution in [3.8, 4) is 5.75 Å². The van der Waals surface area contributed by atoms with E-state index >= 15 is 0 Å². The number of hydrogen-bond donors (Lipinski definition) is 1. The molecule has 0 atom stereocenters. The molecule has 1 N–H and O–H groups in total. The van der Waals surface area contributed by atoms with Gasteiger partial charge in [-0.05, 0) is 60.5 Å². The molecule has 1 amide bonds. The van der Waals surface area contributed by atoms with Crippen molar-refractivity contribution in [2.24, 2.45) is 0 Å². The summed E-state index contributed by atoms with van der Waals surface area (Å²) in [5, 5.41) is 2.84. The Morgan fingerprint density at radius 1 is 1.00 bits per heavy atom. The fourth-order valence-electron chi connectivity index (χ4n) is 2.91. The summed E-state index contributed by atoms with van der Waals surface area (Å²) in [7, 11) is -1.88. The summed E-state index contributed by atoms with van der Waals surface area (Å²) >= 11 is 0. The molecule has 156 valence electrons. The van der Waals surface area contributed by atoms with E-state index in [1.807, 2.05) is 30.3 Å². The maximum atomic E-state index is 12.6. The predicted molar refractivity (Wildman–Crippen MR) is 120 cm³/mol. The molecule has 0 aromatic heterocycles. The number of nitrogens with one attached hydrogen (secondary N) is 1. The van der Waals surface area contributed by atoms with Gasteiger partial charge in [0.2, 0.25) is 10.0 Å². The van der Waals surface area contributed by atoms with Gasteiger partial charge in [-0.15, -0.1) is 0 Å². The Kier molecular flexibility index (Phi) is 6.42. The number of nitrogens with zero attached hydrogens (tertiary/aromatic N) is 1. The summed E-state index contributed by atoms with van der Waals surface area (Å²) in [5.74, 6) is 0.436. The van der Waals surface area contributed by atoms with Crippen LogP contribution in [0, 0.1) is 6.92 Å². The molecule has 7 heteroatoms. The van der Waals surface area contributed by atoms with Crippen LogP contribution in [0.15, 0.2) is 72.8 Å². The van der Waals surface area contributed by atoms with Gasteiger partial charge < -0.3 is 10.1 Å². The van der Waals surface area contributed by atoms with Crippen LogP contribution in [0.4, 0.5) is 11.4 Å². The summed E-state index contributed by atoms with van der Waals surface area (Å²) < 4.78 is 30.4. The first-order chi connectivity index (χ1) is 14.2. The van der Waals surface area contributed by atoms with Gasteiger partial charge >= 0.3 is 0 Å². The van der Waals surface area contributed by atoms with Crippen molar-refractivity contribution < 1.29 is 17.9 Å². The molecule has 3 aromatic carbocycles. The first kappa shape index (κ1) is 21.4. The van der Waals surface area contributed by atoms with Crippen molar-refractivity contribution in [2.75, 3.05) is 22.9 Å². The fourth-order valence-corrected chi connectivity index (χ4v) is 3.47. The highest BCUT2D eigenvalue weighted by Gasteiger charge is 2.16. The van der Waals surface area contributed by atoms with Crippen molar-refractivity contribution in [3.05, 3.63) is 89.5 Å². The van der Waals surface area contributed by atoms with Gasteiger partial charge in [0.25, 0.3) is 5.91 Å². The van der Waals surface area contributed by atoms with Gasteiger partial charge in [-0.3, -0.25) is 9.10 Å². The van der Waals surface area contributed by atoms with Crippen LogP contribution < -0.4 is 14.4 Å². The lowest BCUT2D eigenvalue weighted by atomic mass is 10.1. The number of carbonyl (C=O) groups excluding carboxylic acids is 1. The van der Waals surface area contributed by atoms with E-state index in [2.05, 4.69) is 5.32 Å². The Morgan fingerprint density at radius 3 is 2.27 bits per heavy atom. The number of rotatable bonds is 7. The zero-order chi connectivity index (χ0) is 21.7. The summed E-state index contributed by atoms with van der Waals surface area (Å²) in [6.45, 7) is 2.24. The van der Waals surface area contributed by atoms with Gasteiger partial charge in [0.05, 0.1) is 11.9 Å². The molecule has 3 aromatic rings. The summed E-state index contributed by atoms with van der Waals surface area (Å²) in [6.07, 6.45) is 1.14. The summed E-state index contributed by atoms with van der Waals surface area (Å²) in [4.78, 5) is 12.6. The number of anilines is 2. The van der Waals surface area contributed by atoms with Crippen LogP contribution in [0.25, 0.3) is 0 Å². The number of hydrogen-bond acceptors (Lipinski definition) is 4. The zero-order valence-corrected chi connectivity index (χ0v) is 17.9. The van der Waals surface area contributed by atoms with Gasteiger partial charge in [0, 0.05) is 18.3 Å². The average Bonchev–Trinajstić information content (AvgIpc) is 2.73. The lowest BCUT2D eigenvalue weighted by Gasteiger charge is -2.19. The number of benzene rings is 3. The molecule has 0 radical (unpaired) electrons. The molecular weight excluding hydrogens is 400 g/mol. The normalized spacial score (nSPS) is 11.0. The zero-order valence-electron chi connectivity index (χ0n) is 17.1. The number of amides is 1. The molecule has 0 saturated heterocycles. The van der Waals surface area contributed by atoms with E-state index in [0.717, 1.165) is 11.8 Å². The van der Waals surface area contributed by atoms with Crippen LogP contribution in [0.3, 0.4) is 0 Å². The molecule has 0 saturated carbocycles. The van der Waals surface area contributed by atoms with Crippen LogP contribution >= 0.6 is 0 Å². The Bertz CT molecular complexity index is 1130. The van der Waals surface area contributed by atoms with E-state index in [-0.39, 0.29) is 5.91 Å². The maximum Gasteiger partial charge on any atom is 0.255 e. The fraction of sp³-hybridized carbons (Fsp3) is 0.174. The van der Waals surface area contributed by atoms with Crippen LogP contribution in [0.5, 0.6) is 5.75 Å². The smallest absolute Gasteiger partial charge is 0.255 e. The minimum absolute atomic E-state index is 0.274. The molecular formula is C23H24N2O4S. The Hall–Kier alpha value is -3.32. The first-order valence-electron chi connectivity index (χ1n) is 9.37. The number of aryl methyl sites for hydroxylation is 1. The number of carbonyl (C=O) groups is 1. The highest BCUT2D eigenvalue weighted by molar-refractivity contribution is 7.92. The van der Waals surface area contributed by atoms with Crippen molar-refractivity contribution in [1.82, 2.24) is 0 Å². The average molecular weight is 425 g/mol. The Labute approximate surface area is 177 Å². The minimum atomic E-state index is -3.37. The molecule has 0 bridgehead atoms. The van der Waals surface area contributed by atoms with Crippen molar-refractivity contribution in [1.29, 1.82) is 0 Å². The van der Waals surface area contributed by atoms with Crippen LogP contribution in [-0.4, -0.2) is 27.6 Å². The first-order valence-corrected chi connectivity index (χ1v) is 11.2. The van der Waals surface area contributed by atoms with Gasteiger partial charge in [-0.1, -0.05) is 30.3 Å². The van der Waals surface area contributed by atoms with Crippen LogP contribution in [0.2, 0.25) is 0 Å². The Balaban J connectivity index is 1.63. The van der Waals surface area contributed by atoms with Crippen molar-refractivity contribution >= 4 is 27.3 Å². The van der Waals surface area contributed by atoms with Crippen molar-refractivity contribution in [3.63, 3.8) is 0 Å². The summed E-state index contributed by atoms with van der Waals surface area (Å²) in [5.41, 5.74) is 3.40. The lowest BCUT2D eigenvalue weighted by Crippen LogP contribution is -2.25.